The zero-order valence-electron chi connectivity index (χ0n) is 62.5. The highest BCUT2D eigenvalue weighted by Crippen LogP contribution is 2.29. The van der Waals surface area contributed by atoms with Crippen LogP contribution in [0.1, 0.15) is 304 Å². The second-order valence-electron chi connectivity index (χ2n) is 26.6. The van der Waals surface area contributed by atoms with Crippen LogP contribution in [0.15, 0.2) is 12.2 Å². The number of carbonyl (C=O) groups is 12. The molecule has 0 aromatic heterocycles. The van der Waals surface area contributed by atoms with Crippen molar-refractivity contribution in [3.63, 3.8) is 0 Å². The van der Waals surface area contributed by atoms with Crippen molar-refractivity contribution in [2.75, 3.05) is 85.8 Å². The first-order chi connectivity index (χ1) is 48.6. The quantitative estimate of drug-likeness (QED) is 0.0256. The average Bonchev–Trinajstić information content (AvgIpc) is 0.994. The Morgan fingerprint density at radius 3 is 0.713 bits per heavy atom. The molecule has 1 unspecified atom stereocenters. The minimum atomic E-state index is -0.612. The summed E-state index contributed by atoms with van der Waals surface area (Å²) in [5, 5.41) is 2.47. The van der Waals surface area contributed by atoms with Crippen molar-refractivity contribution in [1.29, 1.82) is 0 Å². The Kier molecular flexibility index (Phi) is 61.9. The first kappa shape index (κ1) is 94.2. The van der Waals surface area contributed by atoms with E-state index in [0.29, 0.717) is 218 Å². The molecule has 0 aromatic carbocycles. The van der Waals surface area contributed by atoms with Crippen molar-refractivity contribution in [3.05, 3.63) is 12.2 Å². The fraction of sp³-hybridized carbons (Fsp3) is 0.816. The van der Waals surface area contributed by atoms with E-state index in [1.165, 1.54) is 6.92 Å². The lowest BCUT2D eigenvalue weighted by Crippen LogP contribution is -2.29. The number of unbranched alkanes of at least 4 members (excludes halogenated alkanes) is 20. The maximum Gasteiger partial charge on any atom is 0.407 e. The van der Waals surface area contributed by atoms with Crippen molar-refractivity contribution in [3.8, 4) is 0 Å². The third-order valence-corrected chi connectivity index (χ3v) is 16.2. The summed E-state index contributed by atoms with van der Waals surface area (Å²) in [7, 11) is 0. The van der Waals surface area contributed by atoms with E-state index in [4.69, 9.17) is 56.8 Å². The summed E-state index contributed by atoms with van der Waals surface area (Å²) in [4.78, 5) is 144. The first-order valence-corrected chi connectivity index (χ1v) is 37.9. The second-order valence-corrected chi connectivity index (χ2v) is 26.6. The summed E-state index contributed by atoms with van der Waals surface area (Å²) < 4.78 is 63.0. The third kappa shape index (κ3) is 67.4. The molecule has 0 saturated carbocycles. The zero-order valence-corrected chi connectivity index (χ0v) is 62.5. The van der Waals surface area contributed by atoms with Gasteiger partial charge in [-0.2, -0.15) is 0 Å². The van der Waals surface area contributed by atoms with Gasteiger partial charge in [-0.3, -0.25) is 47.9 Å². The van der Waals surface area contributed by atoms with Crippen LogP contribution in [-0.2, 0) is 110 Å². The Labute approximate surface area is 602 Å². The summed E-state index contributed by atoms with van der Waals surface area (Å²) in [6.45, 7) is 17.1. The van der Waals surface area contributed by atoms with E-state index < -0.39 is 12.1 Å². The van der Waals surface area contributed by atoms with Gasteiger partial charge in [0.05, 0.1) is 79.2 Å². The Morgan fingerprint density at radius 1 is 0.297 bits per heavy atom. The highest BCUT2D eigenvalue weighted by atomic mass is 16.6. The fourth-order valence-electron chi connectivity index (χ4n) is 9.90. The third-order valence-electron chi connectivity index (χ3n) is 16.2. The molecule has 0 heterocycles. The molecule has 0 saturated heterocycles. The number of alkyl carbamates (subject to hydrolysis) is 1. The first-order valence-electron chi connectivity index (χ1n) is 37.9. The number of carbonyl (C=O) groups excluding carboxylic acids is 12. The standard InChI is InChI=1S/C76H129NO24/c1-7-76(5,6)60-63(4)61-101-73(87)47-27-16-36-57-98-71(85)45-25-14-34-55-96-69(83)43-23-12-32-53-94-67(81)41-21-10-30-51-92-65(79)39-19-8-28-49-90-64(78)38-18-9-29-50-91-66(80)40-20-11-31-52-93-68(82)42-22-13-33-54-95-70(84)44-24-15-35-56-97-72(86)46-26-17-37-58-100-75(89)77-48-59-99-74(88)62(2)3/h63H,2,7-61H2,1,3-6H3,(H,77,89). The van der Waals surface area contributed by atoms with Crippen LogP contribution in [0.3, 0.4) is 0 Å². The molecule has 0 fully saturated rings. The molecule has 0 aliphatic rings. The molecule has 0 aliphatic carbocycles. The largest absolute Gasteiger partial charge is 0.466 e. The number of hydrogen-bond donors (Lipinski definition) is 1. The number of rotatable bonds is 69. The van der Waals surface area contributed by atoms with Gasteiger partial charge < -0.3 is 62.2 Å². The van der Waals surface area contributed by atoms with E-state index in [9.17, 15) is 57.5 Å². The number of amides is 1. The zero-order chi connectivity index (χ0) is 74.7. The number of ether oxygens (including phenoxy) is 12. The van der Waals surface area contributed by atoms with E-state index >= 15 is 0 Å². The van der Waals surface area contributed by atoms with E-state index in [2.05, 4.69) is 39.6 Å². The van der Waals surface area contributed by atoms with Crippen molar-refractivity contribution in [1.82, 2.24) is 5.32 Å². The number of hydrogen-bond acceptors (Lipinski definition) is 24. The smallest absolute Gasteiger partial charge is 0.407 e. The fourth-order valence-corrected chi connectivity index (χ4v) is 9.90. The molecule has 101 heavy (non-hydrogen) atoms. The molecular formula is C76H129NO24. The molecule has 582 valence electrons. The molecule has 1 amide bonds. The van der Waals surface area contributed by atoms with Gasteiger partial charge in [0.15, 0.2) is 0 Å². The molecule has 25 heteroatoms. The van der Waals surface area contributed by atoms with Gasteiger partial charge in [-0.15, -0.1) is 0 Å². The molecule has 0 radical (unpaired) electrons. The van der Waals surface area contributed by atoms with Crippen molar-refractivity contribution in [2.45, 2.75) is 304 Å². The minimum Gasteiger partial charge on any atom is -0.466 e. The SMILES string of the molecule is C=C(C)C(=O)OCCNC(=O)OCCCCCC(=O)OCCCCCC(=O)OCCCCCC(=O)OCCCCCC(=O)OCCCCCC(=O)OCCCCCC(=O)OCCCCCC(=O)OCCCCCC(=O)OCCCCCC(=O)OCCCCCC(=O)OCC(C)CC(C)(C)CC. The van der Waals surface area contributed by atoms with E-state index in [1.807, 2.05) is 0 Å². The van der Waals surface area contributed by atoms with E-state index in [0.717, 1.165) is 32.1 Å². The summed E-state index contributed by atoms with van der Waals surface area (Å²) in [5.41, 5.74) is 0.518. The molecule has 0 rings (SSSR count). The Balaban J connectivity index is 3.54. The van der Waals surface area contributed by atoms with Crippen LogP contribution in [0, 0.1) is 11.3 Å². The van der Waals surface area contributed by atoms with Gasteiger partial charge in [0, 0.05) is 69.8 Å². The van der Waals surface area contributed by atoms with Gasteiger partial charge in [-0.25, -0.2) is 9.59 Å². The average molecular weight is 1440 g/mol. The van der Waals surface area contributed by atoms with Crippen molar-refractivity contribution in [2.24, 2.45) is 11.3 Å². The maximum absolute atomic E-state index is 12.1. The molecule has 0 aliphatic heterocycles. The molecule has 1 N–H and O–H groups in total. The lowest BCUT2D eigenvalue weighted by Gasteiger charge is -2.26. The van der Waals surface area contributed by atoms with Gasteiger partial charge in [0.25, 0.3) is 0 Å². The van der Waals surface area contributed by atoms with Gasteiger partial charge in [-0.05, 0) is 217 Å². The highest BCUT2D eigenvalue weighted by molar-refractivity contribution is 5.87. The molecule has 1 atom stereocenters. The lowest BCUT2D eigenvalue weighted by atomic mass is 9.81. The van der Waals surface area contributed by atoms with Gasteiger partial charge in [0.1, 0.15) is 6.61 Å². The molecular weight excluding hydrogens is 1310 g/mol. The molecule has 0 aromatic rings. The maximum atomic E-state index is 12.1. The Hall–Kier alpha value is -6.82. The van der Waals surface area contributed by atoms with Crippen LogP contribution >= 0.6 is 0 Å². The lowest BCUT2D eigenvalue weighted by molar-refractivity contribution is -0.146. The highest BCUT2D eigenvalue weighted by Gasteiger charge is 2.20. The van der Waals surface area contributed by atoms with E-state index in [1.54, 1.807) is 0 Å². The predicted octanol–water partition coefficient (Wildman–Crippen LogP) is 14.3. The number of esters is 11. The van der Waals surface area contributed by atoms with Crippen LogP contribution in [0.5, 0.6) is 0 Å². The van der Waals surface area contributed by atoms with Crippen molar-refractivity contribution >= 4 is 71.8 Å². The van der Waals surface area contributed by atoms with Crippen LogP contribution in [0.4, 0.5) is 4.79 Å². The predicted molar refractivity (Wildman–Crippen MR) is 377 cm³/mol. The molecule has 0 spiro atoms. The summed E-state index contributed by atoms with van der Waals surface area (Å²) >= 11 is 0. The topological polar surface area (TPSA) is 328 Å². The second kappa shape index (κ2) is 66.4. The molecule has 0 bridgehead atoms. The van der Waals surface area contributed by atoms with Crippen LogP contribution in [0.2, 0.25) is 0 Å². The van der Waals surface area contributed by atoms with Crippen LogP contribution in [-0.4, -0.2) is 158 Å². The van der Waals surface area contributed by atoms with Gasteiger partial charge in [-0.1, -0.05) is 40.7 Å². The Morgan fingerprint density at radius 2 is 0.505 bits per heavy atom. The van der Waals surface area contributed by atoms with E-state index in [-0.39, 0.29) is 182 Å². The number of nitrogens with one attached hydrogen (secondary N) is 1. The normalized spacial score (nSPS) is 11.3. The van der Waals surface area contributed by atoms with Crippen LogP contribution < -0.4 is 5.32 Å². The summed E-state index contributed by atoms with van der Waals surface area (Å²) in [5.74, 6) is -2.90. The minimum absolute atomic E-state index is 0.0164. The van der Waals surface area contributed by atoms with Gasteiger partial charge >= 0.3 is 71.8 Å². The summed E-state index contributed by atoms with van der Waals surface area (Å²) in [6, 6.07) is 0. The van der Waals surface area contributed by atoms with Gasteiger partial charge in [0.2, 0.25) is 0 Å². The van der Waals surface area contributed by atoms with Crippen molar-refractivity contribution < 1.29 is 114 Å². The molecule has 25 nitrogen and oxygen atoms in total. The van der Waals surface area contributed by atoms with Crippen LogP contribution in [0.25, 0.3) is 0 Å². The Bertz CT molecular complexity index is 2290. The monoisotopic (exact) mass is 1440 g/mol. The summed E-state index contributed by atoms with van der Waals surface area (Å²) in [6.07, 6.45) is 24.3.